The monoisotopic (exact) mass is 433 g/mol. The van der Waals surface area contributed by atoms with Crippen LogP contribution < -0.4 is 11.1 Å². The minimum absolute atomic E-state index is 0. The van der Waals surface area contributed by atoms with E-state index in [-0.39, 0.29) is 36.8 Å². The summed E-state index contributed by atoms with van der Waals surface area (Å²) < 4.78 is 0. The number of carbonyl (C=O) groups excluding carboxylic acids is 1. The molecule has 3 rings (SSSR count). The molecule has 2 aromatic rings. The number of nitrogens with two attached hydrogens (primary N) is 1. The van der Waals surface area contributed by atoms with Crippen molar-refractivity contribution in [3.05, 3.63) is 63.1 Å². The summed E-state index contributed by atoms with van der Waals surface area (Å²) >= 11 is 18.0. The Kier molecular flexibility index (Phi) is 7.59. The highest BCUT2D eigenvalue weighted by Crippen LogP contribution is 2.32. The molecule has 1 heterocycles. The van der Waals surface area contributed by atoms with E-state index >= 15 is 0 Å². The van der Waals surface area contributed by atoms with E-state index in [0.717, 1.165) is 6.54 Å². The van der Waals surface area contributed by atoms with Crippen LogP contribution in [0.5, 0.6) is 0 Å². The smallest absolute Gasteiger partial charge is 0.238 e. The number of carbonyl (C=O) groups is 1. The fraction of sp³-hybridized carbons (Fsp3) is 0.278. The predicted molar refractivity (Wildman–Crippen MR) is 111 cm³/mol. The lowest BCUT2D eigenvalue weighted by Gasteiger charge is -2.16. The van der Waals surface area contributed by atoms with Crippen molar-refractivity contribution in [3.8, 4) is 0 Å². The van der Waals surface area contributed by atoms with Crippen LogP contribution in [0.1, 0.15) is 11.5 Å². The Bertz CT molecular complexity index is 773. The summed E-state index contributed by atoms with van der Waals surface area (Å²) in [5, 5.41) is 3.82. The van der Waals surface area contributed by atoms with Gasteiger partial charge in [-0.25, -0.2) is 0 Å². The number of halogens is 4. The van der Waals surface area contributed by atoms with Crippen molar-refractivity contribution < 1.29 is 4.79 Å². The highest BCUT2D eigenvalue weighted by Gasteiger charge is 2.32. The number of nitrogens with zero attached hydrogens (tertiary/aromatic N) is 1. The van der Waals surface area contributed by atoms with E-state index < -0.39 is 0 Å². The Balaban J connectivity index is 0.00000243. The Hall–Kier alpha value is -1.01. The first-order valence-electron chi connectivity index (χ1n) is 7.91. The SMILES string of the molecule is Cl.N[C@@H]1CN(CC(=O)Nc2cc(Cl)c(Cl)cc2Cl)C[C@H]1c1ccccc1. The first-order valence-corrected chi connectivity index (χ1v) is 9.04. The van der Waals surface area contributed by atoms with Crippen LogP contribution in [0.4, 0.5) is 5.69 Å². The molecule has 0 spiro atoms. The topological polar surface area (TPSA) is 58.4 Å². The highest BCUT2D eigenvalue weighted by atomic mass is 35.5. The van der Waals surface area contributed by atoms with Crippen LogP contribution in [0, 0.1) is 0 Å². The molecule has 8 heteroatoms. The van der Waals surface area contributed by atoms with Crippen LogP contribution in [0.25, 0.3) is 0 Å². The third-order valence-electron chi connectivity index (χ3n) is 4.32. The fourth-order valence-electron chi connectivity index (χ4n) is 3.11. The zero-order valence-electron chi connectivity index (χ0n) is 13.8. The van der Waals surface area contributed by atoms with Gasteiger partial charge in [0.2, 0.25) is 5.91 Å². The Morgan fingerprint density at radius 2 is 1.73 bits per heavy atom. The standard InChI is InChI=1S/C18H18Cl3N3O.ClH/c19-13-6-15(21)17(7-14(13)20)23-18(25)10-24-8-12(16(22)9-24)11-4-2-1-3-5-11;/h1-7,12,16H,8-10,22H2,(H,23,25);1H/t12-,16+;/m0./s1. The van der Waals surface area contributed by atoms with Crippen molar-refractivity contribution in [1.29, 1.82) is 0 Å². The lowest BCUT2D eigenvalue weighted by Crippen LogP contribution is -2.33. The molecule has 1 amide bonds. The molecule has 0 unspecified atom stereocenters. The first-order chi connectivity index (χ1) is 11.9. The van der Waals surface area contributed by atoms with E-state index in [0.29, 0.717) is 27.3 Å². The molecule has 0 radical (unpaired) electrons. The van der Waals surface area contributed by atoms with Gasteiger partial charge >= 0.3 is 0 Å². The van der Waals surface area contributed by atoms with Gasteiger partial charge < -0.3 is 11.1 Å². The van der Waals surface area contributed by atoms with E-state index in [9.17, 15) is 4.79 Å². The summed E-state index contributed by atoms with van der Waals surface area (Å²) in [4.78, 5) is 14.4. The lowest BCUT2D eigenvalue weighted by molar-refractivity contribution is -0.117. The summed E-state index contributed by atoms with van der Waals surface area (Å²) in [6.45, 7) is 1.66. The Morgan fingerprint density at radius 1 is 1.08 bits per heavy atom. The van der Waals surface area contributed by atoms with Gasteiger partial charge in [0, 0.05) is 25.0 Å². The third-order valence-corrected chi connectivity index (χ3v) is 5.35. The number of benzene rings is 2. The van der Waals surface area contributed by atoms with Crippen LogP contribution in [0.2, 0.25) is 15.1 Å². The zero-order valence-corrected chi connectivity index (χ0v) is 16.9. The van der Waals surface area contributed by atoms with Gasteiger partial charge in [0.05, 0.1) is 27.3 Å². The van der Waals surface area contributed by atoms with Crippen LogP contribution in [-0.4, -0.2) is 36.5 Å². The largest absolute Gasteiger partial charge is 0.326 e. The molecular formula is C18H19Cl4N3O. The Morgan fingerprint density at radius 3 is 2.42 bits per heavy atom. The number of rotatable bonds is 4. The average Bonchev–Trinajstić information content (AvgIpc) is 2.93. The number of anilines is 1. The molecular weight excluding hydrogens is 416 g/mol. The first kappa shape index (κ1) is 21.3. The summed E-state index contributed by atoms with van der Waals surface area (Å²) in [7, 11) is 0. The quantitative estimate of drug-likeness (QED) is 0.699. The second-order valence-corrected chi connectivity index (χ2v) is 7.39. The number of likely N-dealkylation sites (tertiary alicyclic amines) is 1. The minimum atomic E-state index is -0.166. The fourth-order valence-corrected chi connectivity index (χ4v) is 3.70. The van der Waals surface area contributed by atoms with Gasteiger partial charge in [-0.3, -0.25) is 9.69 Å². The van der Waals surface area contributed by atoms with Gasteiger partial charge in [0.1, 0.15) is 0 Å². The van der Waals surface area contributed by atoms with E-state index in [1.807, 2.05) is 23.1 Å². The molecule has 3 N–H and O–H groups in total. The number of hydrogen-bond donors (Lipinski definition) is 2. The van der Waals surface area contributed by atoms with Gasteiger partial charge in [0.25, 0.3) is 0 Å². The maximum absolute atomic E-state index is 12.3. The Labute approximate surface area is 174 Å². The molecule has 1 aliphatic rings. The van der Waals surface area contributed by atoms with Crippen molar-refractivity contribution in [2.24, 2.45) is 5.73 Å². The molecule has 0 saturated carbocycles. The van der Waals surface area contributed by atoms with Crippen molar-refractivity contribution in [3.63, 3.8) is 0 Å². The van der Waals surface area contributed by atoms with E-state index in [1.165, 1.54) is 11.6 Å². The molecule has 1 fully saturated rings. The minimum Gasteiger partial charge on any atom is -0.326 e. The van der Waals surface area contributed by atoms with Crippen molar-refractivity contribution in [2.75, 3.05) is 25.0 Å². The molecule has 4 nitrogen and oxygen atoms in total. The molecule has 0 bridgehead atoms. The molecule has 1 aliphatic heterocycles. The number of hydrogen-bond acceptors (Lipinski definition) is 3. The summed E-state index contributed by atoms with van der Waals surface area (Å²) in [5.41, 5.74) is 7.91. The van der Waals surface area contributed by atoms with Gasteiger partial charge in [-0.1, -0.05) is 65.1 Å². The molecule has 2 aromatic carbocycles. The second-order valence-electron chi connectivity index (χ2n) is 6.17. The van der Waals surface area contributed by atoms with Crippen LogP contribution in [0.3, 0.4) is 0 Å². The van der Waals surface area contributed by atoms with Crippen molar-refractivity contribution >= 4 is 58.8 Å². The molecule has 0 aliphatic carbocycles. The third kappa shape index (κ3) is 5.03. The number of amides is 1. The lowest BCUT2D eigenvalue weighted by atomic mass is 9.95. The van der Waals surface area contributed by atoms with Gasteiger partial charge in [-0.15, -0.1) is 12.4 Å². The van der Waals surface area contributed by atoms with Gasteiger partial charge in [-0.05, 0) is 17.7 Å². The van der Waals surface area contributed by atoms with Crippen LogP contribution in [-0.2, 0) is 4.79 Å². The van der Waals surface area contributed by atoms with E-state index in [2.05, 4.69) is 17.4 Å². The van der Waals surface area contributed by atoms with Crippen LogP contribution in [0.15, 0.2) is 42.5 Å². The maximum Gasteiger partial charge on any atom is 0.238 e. The van der Waals surface area contributed by atoms with Gasteiger partial charge in [-0.2, -0.15) is 0 Å². The maximum atomic E-state index is 12.3. The highest BCUT2D eigenvalue weighted by molar-refractivity contribution is 6.44. The zero-order chi connectivity index (χ0) is 18.0. The molecule has 26 heavy (non-hydrogen) atoms. The summed E-state index contributed by atoms with van der Waals surface area (Å²) in [6, 6.07) is 13.2. The molecule has 0 aromatic heterocycles. The summed E-state index contributed by atoms with van der Waals surface area (Å²) in [6.07, 6.45) is 0. The van der Waals surface area contributed by atoms with Crippen LogP contribution >= 0.6 is 47.2 Å². The normalized spacial score (nSPS) is 19.8. The molecule has 1 saturated heterocycles. The number of nitrogens with one attached hydrogen (secondary N) is 1. The molecule has 2 atom stereocenters. The van der Waals surface area contributed by atoms with E-state index in [4.69, 9.17) is 40.5 Å². The second kappa shape index (κ2) is 9.27. The van der Waals surface area contributed by atoms with E-state index in [1.54, 1.807) is 6.07 Å². The van der Waals surface area contributed by atoms with Crippen molar-refractivity contribution in [2.45, 2.75) is 12.0 Å². The predicted octanol–water partition coefficient (Wildman–Crippen LogP) is 4.43. The van der Waals surface area contributed by atoms with Gasteiger partial charge in [0.15, 0.2) is 0 Å². The molecule has 140 valence electrons. The average molecular weight is 435 g/mol. The van der Waals surface area contributed by atoms with Crippen molar-refractivity contribution in [1.82, 2.24) is 4.90 Å². The summed E-state index contributed by atoms with van der Waals surface area (Å²) in [5.74, 6) is 0.0590.